The Morgan fingerprint density at radius 2 is 2.24 bits per heavy atom. The van der Waals surface area contributed by atoms with Crippen molar-refractivity contribution < 1.29 is 0 Å². The van der Waals surface area contributed by atoms with Crippen LogP contribution in [0.2, 0.25) is 0 Å². The summed E-state index contributed by atoms with van der Waals surface area (Å²) < 4.78 is 0. The summed E-state index contributed by atoms with van der Waals surface area (Å²) in [5.41, 5.74) is 1.11. The van der Waals surface area contributed by atoms with Gasteiger partial charge in [0.25, 0.3) is 5.56 Å². The molecule has 0 aromatic carbocycles. The first-order chi connectivity index (χ1) is 8.17. The van der Waals surface area contributed by atoms with Gasteiger partial charge in [-0.25, -0.2) is 4.98 Å². The first-order valence-electron chi connectivity index (χ1n) is 5.74. The standard InChI is InChI=1S/C12H15ClN2OS/c1-3-8-7(2)17-12-10(8)11(16)14-9(15-12)5-4-6-13/h3-6H2,1-2H3,(H,14,15,16). The van der Waals surface area contributed by atoms with Gasteiger partial charge in [-0.2, -0.15) is 0 Å². The summed E-state index contributed by atoms with van der Waals surface area (Å²) in [6.07, 6.45) is 2.44. The van der Waals surface area contributed by atoms with Crippen molar-refractivity contribution in [2.24, 2.45) is 0 Å². The van der Waals surface area contributed by atoms with Crippen molar-refractivity contribution in [2.45, 2.75) is 33.1 Å². The predicted octanol–water partition coefficient (Wildman–Crippen LogP) is 3.03. The molecule has 0 amide bonds. The van der Waals surface area contributed by atoms with Gasteiger partial charge in [-0.1, -0.05) is 6.92 Å². The van der Waals surface area contributed by atoms with E-state index in [0.717, 1.165) is 40.9 Å². The second-order valence-electron chi connectivity index (χ2n) is 3.98. The molecule has 0 saturated heterocycles. The summed E-state index contributed by atoms with van der Waals surface area (Å²) in [5.74, 6) is 1.33. The van der Waals surface area contributed by atoms with Crippen LogP contribution in [0.4, 0.5) is 0 Å². The summed E-state index contributed by atoms with van der Waals surface area (Å²) >= 11 is 7.25. The molecular weight excluding hydrogens is 256 g/mol. The molecule has 0 saturated carbocycles. The number of aromatic amines is 1. The number of thiophene rings is 1. The molecule has 2 aromatic rings. The molecule has 17 heavy (non-hydrogen) atoms. The fraction of sp³-hybridized carbons (Fsp3) is 0.500. The lowest BCUT2D eigenvalue weighted by Gasteiger charge is -1.99. The lowest BCUT2D eigenvalue weighted by molar-refractivity contribution is 0.842. The number of nitrogens with zero attached hydrogens (tertiary/aromatic N) is 1. The van der Waals surface area contributed by atoms with Crippen molar-refractivity contribution in [3.05, 3.63) is 26.6 Å². The highest BCUT2D eigenvalue weighted by atomic mass is 35.5. The Hall–Kier alpha value is -0.870. The first-order valence-corrected chi connectivity index (χ1v) is 7.09. The molecule has 0 aliphatic carbocycles. The lowest BCUT2D eigenvalue weighted by Crippen LogP contribution is -2.12. The van der Waals surface area contributed by atoms with E-state index in [1.807, 2.05) is 6.92 Å². The van der Waals surface area contributed by atoms with E-state index in [1.54, 1.807) is 11.3 Å². The van der Waals surface area contributed by atoms with Crippen molar-refractivity contribution >= 4 is 33.2 Å². The van der Waals surface area contributed by atoms with E-state index in [-0.39, 0.29) is 5.56 Å². The van der Waals surface area contributed by atoms with Crippen LogP contribution in [0.3, 0.4) is 0 Å². The van der Waals surface area contributed by atoms with E-state index in [1.165, 1.54) is 4.88 Å². The molecule has 0 aliphatic rings. The van der Waals surface area contributed by atoms with Gasteiger partial charge in [0.2, 0.25) is 0 Å². The van der Waals surface area contributed by atoms with E-state index >= 15 is 0 Å². The maximum absolute atomic E-state index is 12.0. The fourth-order valence-electron chi connectivity index (χ4n) is 2.00. The molecule has 2 aromatic heterocycles. The normalized spacial score (nSPS) is 11.2. The third-order valence-electron chi connectivity index (χ3n) is 2.81. The number of alkyl halides is 1. The minimum atomic E-state index is -0.0132. The van der Waals surface area contributed by atoms with Crippen molar-refractivity contribution in [3.63, 3.8) is 0 Å². The molecule has 2 heterocycles. The van der Waals surface area contributed by atoms with Crippen LogP contribution in [0.25, 0.3) is 10.2 Å². The number of hydrogen-bond acceptors (Lipinski definition) is 3. The molecule has 0 unspecified atom stereocenters. The minimum Gasteiger partial charge on any atom is -0.310 e. The Labute approximate surface area is 109 Å². The lowest BCUT2D eigenvalue weighted by atomic mass is 10.1. The van der Waals surface area contributed by atoms with E-state index in [2.05, 4.69) is 16.9 Å². The summed E-state index contributed by atoms with van der Waals surface area (Å²) in [7, 11) is 0. The maximum atomic E-state index is 12.0. The number of hydrogen-bond donors (Lipinski definition) is 1. The van der Waals surface area contributed by atoms with E-state index < -0.39 is 0 Å². The van der Waals surface area contributed by atoms with Gasteiger partial charge in [-0.3, -0.25) is 4.79 Å². The summed E-state index contributed by atoms with van der Waals surface area (Å²) in [6.45, 7) is 4.11. The summed E-state index contributed by atoms with van der Waals surface area (Å²) in [4.78, 5) is 21.4. The molecule has 0 spiro atoms. The second-order valence-corrected chi connectivity index (χ2v) is 5.56. The van der Waals surface area contributed by atoms with Gasteiger partial charge in [0.05, 0.1) is 5.39 Å². The molecule has 0 aliphatic heterocycles. The molecule has 0 fully saturated rings. The van der Waals surface area contributed by atoms with Gasteiger partial charge in [-0.05, 0) is 25.3 Å². The quantitative estimate of drug-likeness (QED) is 0.868. The first kappa shape index (κ1) is 12.6. The van der Waals surface area contributed by atoms with Gasteiger partial charge in [0, 0.05) is 17.2 Å². The van der Waals surface area contributed by atoms with Crippen LogP contribution in [0.5, 0.6) is 0 Å². The largest absolute Gasteiger partial charge is 0.310 e. The van der Waals surface area contributed by atoms with Crippen LogP contribution in [-0.4, -0.2) is 15.8 Å². The fourth-order valence-corrected chi connectivity index (χ4v) is 3.27. The number of rotatable bonds is 4. The monoisotopic (exact) mass is 270 g/mol. The maximum Gasteiger partial charge on any atom is 0.259 e. The van der Waals surface area contributed by atoms with Crippen LogP contribution < -0.4 is 5.56 Å². The molecule has 92 valence electrons. The molecule has 0 atom stereocenters. The van der Waals surface area contributed by atoms with Crippen molar-refractivity contribution in [3.8, 4) is 0 Å². The third-order valence-corrected chi connectivity index (χ3v) is 4.12. The van der Waals surface area contributed by atoms with E-state index in [9.17, 15) is 4.79 Å². The Kier molecular flexibility index (Phi) is 3.84. The number of aromatic nitrogens is 2. The number of H-pyrrole nitrogens is 1. The third kappa shape index (κ3) is 2.38. The van der Waals surface area contributed by atoms with Crippen LogP contribution in [0.15, 0.2) is 4.79 Å². The number of halogens is 1. The predicted molar refractivity (Wildman–Crippen MR) is 73.4 cm³/mol. The molecule has 5 heteroatoms. The second kappa shape index (κ2) is 5.19. The highest BCUT2D eigenvalue weighted by Crippen LogP contribution is 2.27. The molecule has 1 N–H and O–H groups in total. The SMILES string of the molecule is CCc1c(C)sc2nc(CCCCl)[nH]c(=O)c12. The zero-order valence-corrected chi connectivity index (χ0v) is 11.5. The van der Waals surface area contributed by atoms with Gasteiger partial charge >= 0.3 is 0 Å². The molecule has 2 rings (SSSR count). The van der Waals surface area contributed by atoms with Crippen LogP contribution >= 0.6 is 22.9 Å². The van der Waals surface area contributed by atoms with Crippen molar-refractivity contribution in [1.29, 1.82) is 0 Å². The average molecular weight is 271 g/mol. The zero-order valence-electron chi connectivity index (χ0n) is 9.97. The molecule has 3 nitrogen and oxygen atoms in total. The van der Waals surface area contributed by atoms with Crippen molar-refractivity contribution in [1.82, 2.24) is 9.97 Å². The number of aryl methyl sites for hydroxylation is 3. The number of nitrogens with one attached hydrogen (secondary N) is 1. The van der Waals surface area contributed by atoms with Gasteiger partial charge in [0.15, 0.2) is 0 Å². The Balaban J connectivity index is 2.56. The molecule has 0 radical (unpaired) electrons. The Bertz CT molecular complexity index is 588. The highest BCUT2D eigenvalue weighted by molar-refractivity contribution is 7.18. The average Bonchev–Trinajstić information content (AvgIpc) is 2.62. The van der Waals surface area contributed by atoms with Crippen LogP contribution in [0.1, 0.15) is 29.6 Å². The van der Waals surface area contributed by atoms with Gasteiger partial charge < -0.3 is 4.98 Å². The number of fused-ring (bicyclic) bond motifs is 1. The Morgan fingerprint density at radius 3 is 2.88 bits per heavy atom. The van der Waals surface area contributed by atoms with Crippen LogP contribution in [0, 0.1) is 6.92 Å². The molecular formula is C12H15ClN2OS. The Morgan fingerprint density at radius 1 is 1.47 bits per heavy atom. The van der Waals surface area contributed by atoms with Gasteiger partial charge in [-0.15, -0.1) is 22.9 Å². The van der Waals surface area contributed by atoms with Crippen LogP contribution in [-0.2, 0) is 12.8 Å². The van der Waals surface area contributed by atoms with Crippen molar-refractivity contribution in [2.75, 3.05) is 5.88 Å². The van der Waals surface area contributed by atoms with Gasteiger partial charge in [0.1, 0.15) is 10.7 Å². The minimum absolute atomic E-state index is 0.0132. The van der Waals surface area contributed by atoms with E-state index in [0.29, 0.717) is 5.88 Å². The summed E-state index contributed by atoms with van der Waals surface area (Å²) in [5, 5.41) is 0.768. The summed E-state index contributed by atoms with van der Waals surface area (Å²) in [6, 6.07) is 0. The highest BCUT2D eigenvalue weighted by Gasteiger charge is 2.13. The molecule has 0 bridgehead atoms. The zero-order chi connectivity index (χ0) is 12.4. The smallest absolute Gasteiger partial charge is 0.259 e. The van der Waals surface area contributed by atoms with E-state index in [4.69, 9.17) is 11.6 Å². The topological polar surface area (TPSA) is 45.8 Å².